The smallest absolute Gasteiger partial charge is 0.0758 e. The predicted molar refractivity (Wildman–Crippen MR) is 89.3 cm³/mol. The summed E-state index contributed by atoms with van der Waals surface area (Å²) in [5, 5.41) is 4.83. The Balaban J connectivity index is 1.77. The van der Waals surface area contributed by atoms with Crippen LogP contribution >= 0.6 is 15.9 Å². The highest BCUT2D eigenvalue weighted by atomic mass is 79.9. The second kappa shape index (κ2) is 5.67. The van der Waals surface area contributed by atoms with Gasteiger partial charge in [-0.25, -0.2) is 0 Å². The summed E-state index contributed by atoms with van der Waals surface area (Å²) in [6, 6.07) is 8.81. The van der Waals surface area contributed by atoms with Crippen molar-refractivity contribution in [2.45, 2.75) is 39.0 Å². The molecule has 3 nitrogen and oxygen atoms in total. The second-order valence-electron chi connectivity index (χ2n) is 6.32. The predicted octanol–water partition coefficient (Wildman–Crippen LogP) is 3.90. The summed E-state index contributed by atoms with van der Waals surface area (Å²) < 4.78 is 6.61. The third kappa shape index (κ3) is 2.60. The number of pyridine rings is 1. The maximum atomic E-state index is 5.51. The third-order valence-corrected chi connectivity index (χ3v) is 5.49. The van der Waals surface area contributed by atoms with E-state index in [0.29, 0.717) is 12.1 Å². The standard InChI is InChI=1S/C17H21BrN2O/c1-17(2)14(9-15(17)21-3)20-10-11-6-7-13(18)12-5-4-8-19-16(11)12/h4-8,14-15,20H,9-10H2,1-3H3. The topological polar surface area (TPSA) is 34.1 Å². The van der Waals surface area contributed by atoms with Gasteiger partial charge in [-0.05, 0) is 24.1 Å². The highest BCUT2D eigenvalue weighted by Crippen LogP contribution is 2.42. The van der Waals surface area contributed by atoms with Gasteiger partial charge >= 0.3 is 0 Å². The van der Waals surface area contributed by atoms with Crippen molar-refractivity contribution in [1.29, 1.82) is 0 Å². The zero-order chi connectivity index (χ0) is 15.0. The third-order valence-electron chi connectivity index (χ3n) is 4.80. The highest BCUT2D eigenvalue weighted by Gasteiger charge is 2.48. The molecule has 0 aliphatic heterocycles. The molecule has 0 radical (unpaired) electrons. The van der Waals surface area contributed by atoms with Gasteiger partial charge in [0.2, 0.25) is 0 Å². The lowest BCUT2D eigenvalue weighted by atomic mass is 9.64. The van der Waals surface area contributed by atoms with E-state index in [-0.39, 0.29) is 5.41 Å². The Morgan fingerprint density at radius 1 is 1.38 bits per heavy atom. The van der Waals surface area contributed by atoms with E-state index in [2.05, 4.69) is 58.3 Å². The van der Waals surface area contributed by atoms with Gasteiger partial charge in [0.25, 0.3) is 0 Å². The van der Waals surface area contributed by atoms with Gasteiger partial charge in [-0.15, -0.1) is 0 Å². The van der Waals surface area contributed by atoms with Crippen molar-refractivity contribution >= 4 is 26.8 Å². The van der Waals surface area contributed by atoms with Crippen molar-refractivity contribution in [3.05, 3.63) is 40.5 Å². The van der Waals surface area contributed by atoms with Crippen LogP contribution in [0.3, 0.4) is 0 Å². The normalized spacial score (nSPS) is 24.0. The summed E-state index contributed by atoms with van der Waals surface area (Å²) in [5.74, 6) is 0. The molecule has 1 heterocycles. The largest absolute Gasteiger partial charge is 0.381 e. The molecule has 1 N–H and O–H groups in total. The molecule has 0 bridgehead atoms. The molecule has 1 saturated carbocycles. The molecule has 2 unspecified atom stereocenters. The minimum absolute atomic E-state index is 0.188. The quantitative estimate of drug-likeness (QED) is 0.909. The van der Waals surface area contributed by atoms with Gasteiger partial charge in [0.05, 0.1) is 11.6 Å². The Morgan fingerprint density at radius 3 is 2.90 bits per heavy atom. The van der Waals surface area contributed by atoms with Crippen LogP contribution in [0.2, 0.25) is 0 Å². The Labute approximate surface area is 134 Å². The first kappa shape index (κ1) is 14.9. The number of aromatic nitrogens is 1. The van der Waals surface area contributed by atoms with Crippen LogP contribution in [-0.2, 0) is 11.3 Å². The molecule has 1 fully saturated rings. The van der Waals surface area contributed by atoms with Crippen molar-refractivity contribution < 1.29 is 4.74 Å². The molecule has 2 atom stereocenters. The summed E-state index contributed by atoms with van der Waals surface area (Å²) >= 11 is 3.59. The van der Waals surface area contributed by atoms with Crippen LogP contribution in [0.15, 0.2) is 34.9 Å². The molecule has 0 spiro atoms. The van der Waals surface area contributed by atoms with Crippen LogP contribution in [0.5, 0.6) is 0 Å². The number of rotatable bonds is 4. The van der Waals surface area contributed by atoms with Gasteiger partial charge in [0.1, 0.15) is 0 Å². The van der Waals surface area contributed by atoms with Crippen LogP contribution in [0.1, 0.15) is 25.8 Å². The fourth-order valence-electron chi connectivity index (χ4n) is 3.20. The number of benzene rings is 1. The molecule has 21 heavy (non-hydrogen) atoms. The van der Waals surface area contributed by atoms with Crippen molar-refractivity contribution in [2.24, 2.45) is 5.41 Å². The summed E-state index contributed by atoms with van der Waals surface area (Å²) in [4.78, 5) is 4.54. The molecule has 0 amide bonds. The SMILES string of the molecule is COC1CC(NCc2ccc(Br)c3cccnc23)C1(C)C. The maximum absolute atomic E-state index is 5.51. The van der Waals surface area contributed by atoms with Crippen LogP contribution in [0.25, 0.3) is 10.9 Å². The number of ether oxygens (including phenoxy) is 1. The number of nitrogens with one attached hydrogen (secondary N) is 1. The summed E-state index contributed by atoms with van der Waals surface area (Å²) in [6.45, 7) is 5.37. The van der Waals surface area contributed by atoms with Gasteiger partial charge in [-0.3, -0.25) is 4.98 Å². The molecule has 1 aliphatic carbocycles. The summed E-state index contributed by atoms with van der Waals surface area (Å²) in [5.41, 5.74) is 2.50. The number of hydrogen-bond acceptors (Lipinski definition) is 3. The minimum atomic E-state index is 0.188. The highest BCUT2D eigenvalue weighted by molar-refractivity contribution is 9.10. The maximum Gasteiger partial charge on any atom is 0.0758 e. The van der Waals surface area contributed by atoms with Crippen LogP contribution in [-0.4, -0.2) is 24.2 Å². The molecule has 0 saturated heterocycles. The Morgan fingerprint density at radius 2 is 2.19 bits per heavy atom. The van der Waals surface area contributed by atoms with Crippen molar-refractivity contribution in [3.8, 4) is 0 Å². The monoisotopic (exact) mass is 348 g/mol. The fraction of sp³-hybridized carbons (Fsp3) is 0.471. The van der Waals surface area contributed by atoms with Gasteiger partial charge in [0.15, 0.2) is 0 Å². The molecule has 2 aromatic rings. The number of nitrogens with zero attached hydrogens (tertiary/aromatic N) is 1. The summed E-state index contributed by atoms with van der Waals surface area (Å²) in [7, 11) is 1.80. The van der Waals surface area contributed by atoms with E-state index in [1.807, 2.05) is 12.3 Å². The lowest BCUT2D eigenvalue weighted by molar-refractivity contribution is -0.0978. The fourth-order valence-corrected chi connectivity index (χ4v) is 3.66. The van der Waals surface area contributed by atoms with E-state index in [0.717, 1.165) is 23.0 Å². The molecule has 1 aliphatic rings. The first-order valence-electron chi connectivity index (χ1n) is 7.32. The lowest BCUT2D eigenvalue weighted by Crippen LogP contribution is -2.60. The number of methoxy groups -OCH3 is 1. The Kier molecular flexibility index (Phi) is 4.04. The van der Waals surface area contributed by atoms with E-state index >= 15 is 0 Å². The van der Waals surface area contributed by atoms with Gasteiger partial charge in [-0.2, -0.15) is 0 Å². The second-order valence-corrected chi connectivity index (χ2v) is 7.18. The molecule has 112 valence electrons. The average molecular weight is 349 g/mol. The molecule has 1 aromatic heterocycles. The van der Waals surface area contributed by atoms with E-state index < -0.39 is 0 Å². The van der Waals surface area contributed by atoms with Gasteiger partial charge in [-0.1, -0.05) is 41.9 Å². The van der Waals surface area contributed by atoms with Gasteiger partial charge in [0, 0.05) is 41.2 Å². The Bertz CT molecular complexity index is 656. The first-order valence-corrected chi connectivity index (χ1v) is 8.11. The molecule has 1 aromatic carbocycles. The van der Waals surface area contributed by atoms with Crippen LogP contribution < -0.4 is 5.32 Å². The molecule has 3 rings (SSSR count). The Hall–Kier alpha value is -0.970. The van der Waals surface area contributed by atoms with E-state index in [1.165, 1.54) is 10.9 Å². The molecular formula is C17H21BrN2O. The van der Waals surface area contributed by atoms with Crippen molar-refractivity contribution in [1.82, 2.24) is 10.3 Å². The van der Waals surface area contributed by atoms with E-state index in [1.54, 1.807) is 7.11 Å². The minimum Gasteiger partial charge on any atom is -0.381 e. The zero-order valence-corrected chi connectivity index (χ0v) is 14.3. The van der Waals surface area contributed by atoms with Crippen LogP contribution in [0, 0.1) is 5.41 Å². The number of hydrogen-bond donors (Lipinski definition) is 1. The number of halogens is 1. The van der Waals surface area contributed by atoms with Gasteiger partial charge < -0.3 is 10.1 Å². The first-order chi connectivity index (χ1) is 10.0. The van der Waals surface area contributed by atoms with Crippen molar-refractivity contribution in [2.75, 3.05) is 7.11 Å². The lowest BCUT2D eigenvalue weighted by Gasteiger charge is -2.51. The molecular weight excluding hydrogens is 328 g/mol. The molecule has 4 heteroatoms. The van der Waals surface area contributed by atoms with E-state index in [4.69, 9.17) is 4.74 Å². The zero-order valence-electron chi connectivity index (χ0n) is 12.7. The van der Waals surface area contributed by atoms with Crippen LogP contribution in [0.4, 0.5) is 0 Å². The summed E-state index contributed by atoms with van der Waals surface area (Å²) in [6.07, 6.45) is 3.28. The van der Waals surface area contributed by atoms with Crippen molar-refractivity contribution in [3.63, 3.8) is 0 Å². The average Bonchev–Trinajstić information content (AvgIpc) is 2.48. The number of fused-ring (bicyclic) bond motifs is 1. The van der Waals surface area contributed by atoms with E-state index in [9.17, 15) is 0 Å².